The highest BCUT2D eigenvalue weighted by molar-refractivity contribution is 5.94. The summed E-state index contributed by atoms with van der Waals surface area (Å²) in [5.74, 6) is 0. The second-order valence-corrected chi connectivity index (χ2v) is 5.65. The quantitative estimate of drug-likeness (QED) is 0.723. The summed E-state index contributed by atoms with van der Waals surface area (Å²) < 4.78 is 0. The molecule has 1 aliphatic rings. The van der Waals surface area contributed by atoms with E-state index in [1.807, 2.05) is 24.3 Å². The normalized spacial score (nSPS) is 15.2. The molecule has 2 rings (SSSR count). The van der Waals surface area contributed by atoms with Crippen LogP contribution in [0.3, 0.4) is 0 Å². The number of nitrogens with one attached hydrogen (secondary N) is 2. The van der Waals surface area contributed by atoms with Gasteiger partial charge in [0.25, 0.3) is 0 Å². The minimum atomic E-state index is -0.0620. The topological polar surface area (TPSA) is 64.6 Å². The minimum absolute atomic E-state index is 0.0352. The van der Waals surface area contributed by atoms with Crippen molar-refractivity contribution in [2.75, 3.05) is 36.5 Å². The van der Waals surface area contributed by atoms with Gasteiger partial charge in [-0.1, -0.05) is 13.8 Å². The molecule has 0 bridgehead atoms. The average Bonchev–Trinajstić information content (AvgIpc) is 2.96. The molecule has 0 radical (unpaired) electrons. The van der Waals surface area contributed by atoms with Crippen molar-refractivity contribution in [3.05, 3.63) is 24.3 Å². The predicted molar refractivity (Wildman–Crippen MR) is 85.8 cm³/mol. The van der Waals surface area contributed by atoms with Gasteiger partial charge in [0, 0.05) is 36.4 Å². The Bertz CT molecular complexity index is 461. The number of amides is 2. The second-order valence-electron chi connectivity index (χ2n) is 5.65. The van der Waals surface area contributed by atoms with Gasteiger partial charge in [0.2, 0.25) is 0 Å². The van der Waals surface area contributed by atoms with E-state index in [2.05, 4.69) is 24.5 Å². The number of anilines is 2. The van der Waals surface area contributed by atoms with Crippen LogP contribution in [0.5, 0.6) is 0 Å². The Hall–Kier alpha value is -1.75. The van der Waals surface area contributed by atoms with Crippen LogP contribution >= 0.6 is 0 Å². The van der Waals surface area contributed by atoms with Gasteiger partial charge in [0.05, 0.1) is 6.61 Å². The van der Waals surface area contributed by atoms with E-state index in [0.717, 1.165) is 30.8 Å². The summed E-state index contributed by atoms with van der Waals surface area (Å²) in [4.78, 5) is 13.3. The zero-order valence-electron chi connectivity index (χ0n) is 12.9. The van der Waals surface area contributed by atoms with Crippen LogP contribution in [0.4, 0.5) is 16.2 Å². The first-order valence-electron chi connectivity index (χ1n) is 7.64. The van der Waals surface area contributed by atoms with Gasteiger partial charge in [0.1, 0.15) is 0 Å². The van der Waals surface area contributed by atoms with E-state index in [-0.39, 0.29) is 18.1 Å². The lowest BCUT2D eigenvalue weighted by molar-refractivity contribution is 0.127. The summed E-state index contributed by atoms with van der Waals surface area (Å²) in [5.41, 5.74) is 1.86. The van der Waals surface area contributed by atoms with Crippen molar-refractivity contribution in [2.45, 2.75) is 26.7 Å². The molecule has 0 aliphatic carbocycles. The Morgan fingerprint density at radius 1 is 1.29 bits per heavy atom. The molecule has 1 fully saturated rings. The van der Waals surface area contributed by atoms with Crippen LogP contribution in [0, 0.1) is 5.41 Å². The molecular weight excluding hydrogens is 266 g/mol. The lowest BCUT2D eigenvalue weighted by atomic mass is 9.83. The van der Waals surface area contributed by atoms with Gasteiger partial charge in [-0.25, -0.2) is 4.79 Å². The second kappa shape index (κ2) is 6.80. The first-order valence-corrected chi connectivity index (χ1v) is 7.64. The largest absolute Gasteiger partial charge is 0.396 e. The van der Waals surface area contributed by atoms with Crippen molar-refractivity contribution in [1.29, 1.82) is 0 Å². The molecule has 2 amide bonds. The molecular formula is C16H25N3O2. The van der Waals surface area contributed by atoms with Gasteiger partial charge in [-0.05, 0) is 37.1 Å². The Balaban J connectivity index is 1.98. The number of aliphatic hydroxyl groups excluding tert-OH is 1. The molecule has 1 aromatic carbocycles. The summed E-state index contributed by atoms with van der Waals surface area (Å²) >= 11 is 0. The van der Waals surface area contributed by atoms with E-state index in [1.165, 1.54) is 0 Å². The summed E-state index contributed by atoms with van der Waals surface area (Å²) in [6.45, 7) is 6.57. The molecule has 3 N–H and O–H groups in total. The van der Waals surface area contributed by atoms with E-state index < -0.39 is 0 Å². The van der Waals surface area contributed by atoms with Gasteiger partial charge >= 0.3 is 6.03 Å². The number of carbonyl (C=O) groups excluding carboxylic acids is 1. The van der Waals surface area contributed by atoms with Gasteiger partial charge in [-0.3, -0.25) is 4.90 Å². The maximum atomic E-state index is 11.6. The number of carbonyl (C=O) groups is 1. The minimum Gasteiger partial charge on any atom is -0.396 e. The van der Waals surface area contributed by atoms with Crippen molar-refractivity contribution >= 4 is 17.4 Å². The molecule has 116 valence electrons. The number of benzene rings is 1. The zero-order valence-corrected chi connectivity index (χ0v) is 12.9. The molecule has 1 heterocycles. The van der Waals surface area contributed by atoms with Crippen molar-refractivity contribution < 1.29 is 9.90 Å². The number of hydrogen-bond acceptors (Lipinski definition) is 3. The van der Waals surface area contributed by atoms with Crippen molar-refractivity contribution in [3.8, 4) is 0 Å². The van der Waals surface area contributed by atoms with Gasteiger partial charge in [-0.2, -0.15) is 0 Å². The Morgan fingerprint density at radius 3 is 2.43 bits per heavy atom. The van der Waals surface area contributed by atoms with Crippen LogP contribution in [0.15, 0.2) is 24.3 Å². The van der Waals surface area contributed by atoms with E-state index in [9.17, 15) is 9.90 Å². The number of urea groups is 1. The molecule has 1 aliphatic heterocycles. The Labute approximate surface area is 126 Å². The number of rotatable bonds is 7. The van der Waals surface area contributed by atoms with Crippen LogP contribution in [-0.4, -0.2) is 37.4 Å². The average molecular weight is 291 g/mol. The van der Waals surface area contributed by atoms with E-state index in [1.54, 1.807) is 4.90 Å². The molecule has 0 spiro atoms. The fourth-order valence-corrected chi connectivity index (χ4v) is 2.55. The highest BCUT2D eigenvalue weighted by Gasteiger charge is 2.25. The molecule has 0 unspecified atom stereocenters. The number of hydrogen-bond donors (Lipinski definition) is 3. The Kier molecular flexibility index (Phi) is 5.07. The van der Waals surface area contributed by atoms with Crippen molar-refractivity contribution in [3.63, 3.8) is 0 Å². The van der Waals surface area contributed by atoms with Gasteiger partial charge in [-0.15, -0.1) is 0 Å². The van der Waals surface area contributed by atoms with Crippen LogP contribution < -0.4 is 15.5 Å². The molecule has 5 heteroatoms. The third-order valence-electron chi connectivity index (χ3n) is 4.54. The molecule has 5 nitrogen and oxygen atoms in total. The van der Waals surface area contributed by atoms with E-state index in [4.69, 9.17) is 0 Å². The lowest BCUT2D eigenvalue weighted by Gasteiger charge is -2.30. The van der Waals surface area contributed by atoms with Crippen molar-refractivity contribution in [1.82, 2.24) is 5.32 Å². The van der Waals surface area contributed by atoms with Crippen LogP contribution in [-0.2, 0) is 0 Å². The Morgan fingerprint density at radius 2 is 1.95 bits per heavy atom. The van der Waals surface area contributed by atoms with E-state index in [0.29, 0.717) is 13.1 Å². The smallest absolute Gasteiger partial charge is 0.321 e. The lowest BCUT2D eigenvalue weighted by Crippen LogP contribution is -2.32. The van der Waals surface area contributed by atoms with Gasteiger partial charge in [0.15, 0.2) is 0 Å². The molecule has 1 saturated heterocycles. The maximum absolute atomic E-state index is 11.6. The number of aliphatic hydroxyl groups is 1. The third-order valence-corrected chi connectivity index (χ3v) is 4.54. The summed E-state index contributed by atoms with van der Waals surface area (Å²) in [5, 5.41) is 15.8. The third kappa shape index (κ3) is 3.47. The van der Waals surface area contributed by atoms with Crippen molar-refractivity contribution in [2.24, 2.45) is 5.41 Å². The maximum Gasteiger partial charge on any atom is 0.321 e. The summed E-state index contributed by atoms with van der Waals surface area (Å²) in [7, 11) is 0. The fourth-order valence-electron chi connectivity index (χ4n) is 2.55. The summed E-state index contributed by atoms with van der Waals surface area (Å²) in [6.07, 6.45) is 1.89. The van der Waals surface area contributed by atoms with E-state index >= 15 is 0 Å². The van der Waals surface area contributed by atoms with Crippen LogP contribution in [0.2, 0.25) is 0 Å². The molecule has 1 aromatic rings. The fraction of sp³-hybridized carbons (Fsp3) is 0.562. The molecule has 0 saturated carbocycles. The molecule has 21 heavy (non-hydrogen) atoms. The first kappa shape index (κ1) is 15.6. The summed E-state index contributed by atoms with van der Waals surface area (Å²) in [6, 6.07) is 7.83. The monoisotopic (exact) mass is 291 g/mol. The predicted octanol–water partition coefficient (Wildman–Crippen LogP) is 2.43. The number of nitrogens with zero attached hydrogens (tertiary/aromatic N) is 1. The standard InChI is InChI=1S/C16H25N3O2/c1-3-16(4-2,12-20)11-18-13-5-7-14(8-6-13)19-10-9-17-15(19)21/h5-8,18,20H,3-4,9-12H2,1-2H3,(H,17,21). The van der Waals surface area contributed by atoms with Crippen LogP contribution in [0.25, 0.3) is 0 Å². The highest BCUT2D eigenvalue weighted by atomic mass is 16.3. The SMILES string of the molecule is CCC(CC)(CO)CNc1ccc(N2CCNC2=O)cc1. The highest BCUT2D eigenvalue weighted by Crippen LogP contribution is 2.27. The zero-order chi connectivity index (χ0) is 15.3. The molecule has 0 atom stereocenters. The molecule has 0 aromatic heterocycles. The van der Waals surface area contributed by atoms with Crippen LogP contribution in [0.1, 0.15) is 26.7 Å². The first-order chi connectivity index (χ1) is 10.1. The van der Waals surface area contributed by atoms with Gasteiger partial charge < -0.3 is 15.7 Å².